The summed E-state index contributed by atoms with van der Waals surface area (Å²) in [7, 11) is 0. The molecule has 2 bridgehead atoms. The number of hydrogen-bond acceptors (Lipinski definition) is 4. The van der Waals surface area contributed by atoms with Crippen LogP contribution in [0.25, 0.3) is 0 Å². The zero-order chi connectivity index (χ0) is 15.8. The Hall–Kier alpha value is -1.75. The van der Waals surface area contributed by atoms with Gasteiger partial charge in [-0.3, -0.25) is 4.79 Å². The molecule has 1 amide bonds. The van der Waals surface area contributed by atoms with Crippen LogP contribution in [-0.2, 0) is 11.3 Å². The lowest BCUT2D eigenvalue weighted by Gasteiger charge is -2.27. The first-order valence-electron chi connectivity index (χ1n) is 8.64. The summed E-state index contributed by atoms with van der Waals surface area (Å²) in [6, 6.07) is 5.90. The third kappa shape index (κ3) is 2.78. The maximum Gasteiger partial charge on any atom is 0.225 e. The molecule has 3 aliphatic rings. The summed E-state index contributed by atoms with van der Waals surface area (Å²) in [5.41, 5.74) is 7.27. The fourth-order valence-corrected chi connectivity index (χ4v) is 4.35. The van der Waals surface area contributed by atoms with Crippen molar-refractivity contribution in [1.82, 2.24) is 5.32 Å². The van der Waals surface area contributed by atoms with E-state index in [-0.39, 0.29) is 17.9 Å². The van der Waals surface area contributed by atoms with Gasteiger partial charge in [0.25, 0.3) is 0 Å². The van der Waals surface area contributed by atoms with E-state index in [1.165, 1.54) is 6.42 Å². The van der Waals surface area contributed by atoms with Gasteiger partial charge in [0.15, 0.2) is 11.5 Å². The van der Waals surface area contributed by atoms with Crippen molar-refractivity contribution < 1.29 is 14.3 Å². The fraction of sp³-hybridized carbons (Fsp3) is 0.611. The molecular weight excluding hydrogens is 292 g/mol. The Morgan fingerprint density at radius 1 is 1.17 bits per heavy atom. The van der Waals surface area contributed by atoms with Crippen LogP contribution < -0.4 is 20.5 Å². The van der Waals surface area contributed by atoms with E-state index in [9.17, 15) is 4.79 Å². The van der Waals surface area contributed by atoms with Gasteiger partial charge in [-0.15, -0.1) is 0 Å². The van der Waals surface area contributed by atoms with Gasteiger partial charge in [0.1, 0.15) is 0 Å². The number of nitrogens with one attached hydrogen (secondary N) is 1. The van der Waals surface area contributed by atoms with Crippen molar-refractivity contribution in [3.8, 4) is 11.5 Å². The quantitative estimate of drug-likeness (QED) is 0.892. The van der Waals surface area contributed by atoms with Crippen LogP contribution >= 0.6 is 0 Å². The highest BCUT2D eigenvalue weighted by molar-refractivity contribution is 5.80. The standard InChI is InChI=1S/C18H24N2O3/c19-17-13-4-3-12(9-13)16(17)18(21)20-10-11-2-5-14-15(8-11)23-7-1-6-22-14/h2,5,8,12-13,16-17H,1,3-4,6-7,9-10,19H2,(H,20,21). The predicted octanol–water partition coefficient (Wildman–Crippen LogP) is 1.84. The molecule has 0 radical (unpaired) electrons. The number of fused-ring (bicyclic) bond motifs is 3. The highest BCUT2D eigenvalue weighted by Gasteiger charge is 2.48. The molecule has 1 aliphatic heterocycles. The van der Waals surface area contributed by atoms with Gasteiger partial charge in [0, 0.05) is 19.0 Å². The number of amides is 1. The Kier molecular flexibility index (Phi) is 3.89. The van der Waals surface area contributed by atoms with Crippen LogP contribution in [0.5, 0.6) is 11.5 Å². The molecule has 0 saturated heterocycles. The van der Waals surface area contributed by atoms with E-state index in [1.54, 1.807) is 0 Å². The maximum atomic E-state index is 12.5. The number of rotatable bonds is 3. The van der Waals surface area contributed by atoms with Crippen molar-refractivity contribution in [1.29, 1.82) is 0 Å². The Morgan fingerprint density at radius 2 is 1.96 bits per heavy atom. The molecule has 4 unspecified atom stereocenters. The summed E-state index contributed by atoms with van der Waals surface area (Å²) < 4.78 is 11.3. The van der Waals surface area contributed by atoms with E-state index >= 15 is 0 Å². The van der Waals surface area contributed by atoms with Gasteiger partial charge in [-0.1, -0.05) is 6.07 Å². The van der Waals surface area contributed by atoms with Crippen molar-refractivity contribution in [3.63, 3.8) is 0 Å². The third-order valence-corrected chi connectivity index (χ3v) is 5.56. The predicted molar refractivity (Wildman–Crippen MR) is 86.2 cm³/mol. The molecule has 23 heavy (non-hydrogen) atoms. The molecule has 4 rings (SSSR count). The number of ether oxygens (including phenoxy) is 2. The van der Waals surface area contributed by atoms with Crippen molar-refractivity contribution in [3.05, 3.63) is 23.8 Å². The van der Waals surface area contributed by atoms with Crippen LogP contribution in [-0.4, -0.2) is 25.2 Å². The first-order valence-corrected chi connectivity index (χ1v) is 8.64. The molecule has 5 heteroatoms. The van der Waals surface area contributed by atoms with Gasteiger partial charge in [0.2, 0.25) is 5.91 Å². The number of carbonyl (C=O) groups is 1. The van der Waals surface area contributed by atoms with Crippen LogP contribution in [0.15, 0.2) is 18.2 Å². The summed E-state index contributed by atoms with van der Waals surface area (Å²) in [4.78, 5) is 12.5. The van der Waals surface area contributed by atoms with Gasteiger partial charge in [0.05, 0.1) is 19.1 Å². The van der Waals surface area contributed by atoms with Gasteiger partial charge < -0.3 is 20.5 Å². The molecule has 1 aromatic carbocycles. The number of benzene rings is 1. The molecule has 2 fully saturated rings. The Balaban J connectivity index is 1.39. The van der Waals surface area contributed by atoms with Gasteiger partial charge >= 0.3 is 0 Å². The molecule has 0 spiro atoms. The zero-order valence-electron chi connectivity index (χ0n) is 13.3. The topological polar surface area (TPSA) is 73.6 Å². The fourth-order valence-electron chi connectivity index (χ4n) is 4.35. The summed E-state index contributed by atoms with van der Waals surface area (Å²) in [5.74, 6) is 2.69. The van der Waals surface area contributed by atoms with Gasteiger partial charge in [-0.25, -0.2) is 0 Å². The average Bonchev–Trinajstić information content (AvgIpc) is 3.06. The molecule has 2 aliphatic carbocycles. The van der Waals surface area contributed by atoms with E-state index in [0.717, 1.165) is 36.3 Å². The molecule has 124 valence electrons. The molecule has 3 N–H and O–H groups in total. The minimum Gasteiger partial charge on any atom is -0.490 e. The third-order valence-electron chi connectivity index (χ3n) is 5.56. The Morgan fingerprint density at radius 3 is 2.74 bits per heavy atom. The largest absolute Gasteiger partial charge is 0.490 e. The van der Waals surface area contributed by atoms with E-state index in [4.69, 9.17) is 15.2 Å². The molecule has 5 nitrogen and oxygen atoms in total. The second-order valence-corrected chi connectivity index (χ2v) is 6.99. The van der Waals surface area contributed by atoms with E-state index < -0.39 is 0 Å². The minimum atomic E-state index is -0.00541. The first-order chi connectivity index (χ1) is 11.2. The minimum absolute atomic E-state index is 0.00541. The molecule has 1 heterocycles. The lowest BCUT2D eigenvalue weighted by molar-refractivity contribution is -0.127. The molecule has 4 atom stereocenters. The maximum absolute atomic E-state index is 12.5. The van der Waals surface area contributed by atoms with Crippen molar-refractivity contribution >= 4 is 5.91 Å². The number of nitrogens with two attached hydrogens (primary N) is 1. The summed E-state index contributed by atoms with van der Waals surface area (Å²) in [5, 5.41) is 3.06. The number of hydrogen-bond donors (Lipinski definition) is 2. The number of carbonyl (C=O) groups excluding carboxylic acids is 1. The second kappa shape index (κ2) is 6.04. The van der Waals surface area contributed by atoms with Crippen molar-refractivity contribution in [2.24, 2.45) is 23.5 Å². The van der Waals surface area contributed by atoms with Crippen LogP contribution in [0.3, 0.4) is 0 Å². The van der Waals surface area contributed by atoms with Gasteiger partial charge in [-0.05, 0) is 48.8 Å². The van der Waals surface area contributed by atoms with E-state index in [2.05, 4.69) is 5.32 Å². The first kappa shape index (κ1) is 14.8. The summed E-state index contributed by atoms with van der Waals surface area (Å²) in [6.07, 6.45) is 4.37. The van der Waals surface area contributed by atoms with Crippen molar-refractivity contribution in [2.75, 3.05) is 13.2 Å². The molecular formula is C18H24N2O3. The normalized spacial score (nSPS) is 31.7. The monoisotopic (exact) mass is 316 g/mol. The van der Waals surface area contributed by atoms with Crippen LogP contribution in [0.2, 0.25) is 0 Å². The second-order valence-electron chi connectivity index (χ2n) is 6.99. The zero-order valence-corrected chi connectivity index (χ0v) is 13.3. The van der Waals surface area contributed by atoms with Crippen LogP contribution in [0, 0.1) is 17.8 Å². The van der Waals surface area contributed by atoms with Crippen LogP contribution in [0.4, 0.5) is 0 Å². The molecule has 0 aromatic heterocycles. The summed E-state index contributed by atoms with van der Waals surface area (Å²) in [6.45, 7) is 1.87. The average molecular weight is 316 g/mol. The smallest absolute Gasteiger partial charge is 0.225 e. The summed E-state index contributed by atoms with van der Waals surface area (Å²) >= 11 is 0. The van der Waals surface area contributed by atoms with Crippen LogP contribution in [0.1, 0.15) is 31.2 Å². The van der Waals surface area contributed by atoms with Crippen molar-refractivity contribution in [2.45, 2.75) is 38.3 Å². The highest BCUT2D eigenvalue weighted by Crippen LogP contribution is 2.47. The molecule has 2 saturated carbocycles. The van der Waals surface area contributed by atoms with E-state index in [1.807, 2.05) is 18.2 Å². The highest BCUT2D eigenvalue weighted by atomic mass is 16.5. The lowest BCUT2D eigenvalue weighted by atomic mass is 9.84. The van der Waals surface area contributed by atoms with Gasteiger partial charge in [-0.2, -0.15) is 0 Å². The lowest BCUT2D eigenvalue weighted by Crippen LogP contribution is -2.45. The molecule has 1 aromatic rings. The SMILES string of the molecule is NC1C2CCC(C2)C1C(=O)NCc1ccc2c(c1)OCCCO2. The Labute approximate surface area is 136 Å². The van der Waals surface area contributed by atoms with E-state index in [0.29, 0.717) is 31.6 Å². The Bertz CT molecular complexity index is 602.